The van der Waals surface area contributed by atoms with Crippen molar-refractivity contribution < 1.29 is 14.9 Å². The van der Waals surface area contributed by atoms with Crippen molar-refractivity contribution in [2.75, 3.05) is 26.1 Å². The smallest absolute Gasteiger partial charge is 0.0533 e. The third-order valence-corrected chi connectivity index (χ3v) is 3.57. The molecule has 0 amide bonds. The molecule has 0 fully saturated rings. The van der Waals surface area contributed by atoms with E-state index in [0.29, 0.717) is 13.0 Å². The van der Waals surface area contributed by atoms with E-state index in [4.69, 9.17) is 20.7 Å². The first-order valence-corrected chi connectivity index (χ1v) is 7.82. The maximum Gasteiger partial charge on any atom is 0.0533 e. The molecule has 0 saturated heterocycles. The molecule has 0 unspecified atom stereocenters. The Labute approximate surface area is 126 Å². The number of hydrogen-bond acceptors (Lipinski definition) is 5. The predicted octanol–water partition coefficient (Wildman–Crippen LogP) is 2.02. The molecule has 5 heteroatoms. The molecule has 0 aliphatic heterocycles. The summed E-state index contributed by atoms with van der Waals surface area (Å²) in [7, 11) is 1.74. The van der Waals surface area contributed by atoms with Gasteiger partial charge in [0.05, 0.1) is 6.10 Å². The highest BCUT2D eigenvalue weighted by molar-refractivity contribution is 7.99. The molecular weight excluding hydrogens is 274 g/mol. The van der Waals surface area contributed by atoms with Crippen molar-refractivity contribution in [2.45, 2.75) is 37.3 Å². The van der Waals surface area contributed by atoms with E-state index < -0.39 is 0 Å². The number of ether oxygens (including phenoxy) is 1. The van der Waals surface area contributed by atoms with Crippen molar-refractivity contribution in [2.24, 2.45) is 5.73 Å². The molecule has 0 saturated carbocycles. The lowest BCUT2D eigenvalue weighted by atomic mass is 10.2. The molecule has 1 aromatic rings. The van der Waals surface area contributed by atoms with Crippen LogP contribution in [0.1, 0.15) is 25.3 Å². The van der Waals surface area contributed by atoms with Gasteiger partial charge in [-0.05, 0) is 37.5 Å². The van der Waals surface area contributed by atoms with Gasteiger partial charge in [0.15, 0.2) is 0 Å². The van der Waals surface area contributed by atoms with Gasteiger partial charge in [-0.2, -0.15) is 0 Å². The lowest BCUT2D eigenvalue weighted by Crippen LogP contribution is -2.00. The van der Waals surface area contributed by atoms with Crippen LogP contribution in [0.2, 0.25) is 0 Å². The van der Waals surface area contributed by atoms with Crippen molar-refractivity contribution in [1.29, 1.82) is 0 Å². The van der Waals surface area contributed by atoms with Crippen LogP contribution < -0.4 is 5.73 Å². The minimum atomic E-state index is -0.352. The molecule has 4 nitrogen and oxygen atoms in total. The van der Waals surface area contributed by atoms with Crippen LogP contribution in [0.15, 0.2) is 29.2 Å². The van der Waals surface area contributed by atoms with E-state index in [1.165, 1.54) is 10.5 Å². The zero-order valence-electron chi connectivity index (χ0n) is 12.4. The van der Waals surface area contributed by atoms with Gasteiger partial charge in [-0.1, -0.05) is 12.1 Å². The second-order valence-electron chi connectivity index (χ2n) is 4.40. The van der Waals surface area contributed by atoms with Crippen molar-refractivity contribution in [3.05, 3.63) is 29.8 Å². The van der Waals surface area contributed by atoms with E-state index in [-0.39, 0.29) is 12.7 Å². The summed E-state index contributed by atoms with van der Waals surface area (Å²) >= 11 is 1.86. The number of nitrogens with two attached hydrogens (primary N) is 1. The van der Waals surface area contributed by atoms with Gasteiger partial charge in [-0.3, -0.25) is 0 Å². The van der Waals surface area contributed by atoms with Crippen LogP contribution in [0.25, 0.3) is 0 Å². The fraction of sp³-hybridized carbons (Fsp3) is 0.600. The number of rotatable bonds is 8. The van der Waals surface area contributed by atoms with Gasteiger partial charge in [0.1, 0.15) is 0 Å². The first-order chi connectivity index (χ1) is 9.63. The second-order valence-corrected chi connectivity index (χ2v) is 5.57. The molecular formula is C15H27NO3S. The molecule has 20 heavy (non-hydrogen) atoms. The number of methoxy groups -OCH3 is 1. The Morgan fingerprint density at radius 3 is 2.35 bits per heavy atom. The van der Waals surface area contributed by atoms with Crippen molar-refractivity contribution in [3.8, 4) is 0 Å². The number of aliphatic hydroxyl groups is 2. The van der Waals surface area contributed by atoms with E-state index >= 15 is 0 Å². The van der Waals surface area contributed by atoms with E-state index in [0.717, 1.165) is 18.8 Å². The summed E-state index contributed by atoms with van der Waals surface area (Å²) in [6, 6.07) is 8.41. The summed E-state index contributed by atoms with van der Waals surface area (Å²) in [6.07, 6.45) is 1.23. The molecule has 1 rings (SSSR count). The predicted molar refractivity (Wildman–Crippen MR) is 84.9 cm³/mol. The molecule has 0 aliphatic rings. The molecule has 0 aromatic heterocycles. The summed E-state index contributed by atoms with van der Waals surface area (Å²) in [6.45, 7) is 3.19. The Kier molecular flexibility index (Phi) is 13.0. The molecule has 0 aliphatic carbocycles. The Morgan fingerprint density at radius 1 is 1.30 bits per heavy atom. The van der Waals surface area contributed by atoms with Gasteiger partial charge in [0, 0.05) is 37.5 Å². The molecule has 1 aromatic carbocycles. The summed E-state index contributed by atoms with van der Waals surface area (Å²) < 4.78 is 4.99. The van der Waals surface area contributed by atoms with Crippen LogP contribution >= 0.6 is 11.8 Å². The zero-order chi connectivity index (χ0) is 15.2. The largest absolute Gasteiger partial charge is 0.396 e. The van der Waals surface area contributed by atoms with Gasteiger partial charge in [-0.25, -0.2) is 0 Å². The highest BCUT2D eigenvalue weighted by Crippen LogP contribution is 2.18. The molecule has 0 heterocycles. The Morgan fingerprint density at radius 2 is 1.95 bits per heavy atom. The molecule has 116 valence electrons. The minimum absolute atomic E-state index is 0.0810. The first-order valence-electron chi connectivity index (χ1n) is 6.83. The summed E-state index contributed by atoms with van der Waals surface area (Å²) in [5.74, 6) is 1.11. The zero-order valence-corrected chi connectivity index (χ0v) is 13.2. The molecule has 4 N–H and O–H groups in total. The number of aliphatic hydroxyl groups excluding tert-OH is 2. The highest BCUT2D eigenvalue weighted by atomic mass is 32.2. The standard InChI is InChI=1S/C11H17NOS.C4H10O2/c1-13-7-2-8-14-11-5-3-10(9-12)4-6-11;1-4(6)2-3-5/h3-6H,2,7-9,12H2,1H3;4-6H,2-3H2,1H3/t;4-/m.0/s1. The topological polar surface area (TPSA) is 75.7 Å². The highest BCUT2D eigenvalue weighted by Gasteiger charge is 1.94. The van der Waals surface area contributed by atoms with E-state index in [1.54, 1.807) is 14.0 Å². The number of hydrogen-bond donors (Lipinski definition) is 3. The number of thioether (sulfide) groups is 1. The van der Waals surface area contributed by atoms with Crippen LogP contribution in [0.4, 0.5) is 0 Å². The van der Waals surface area contributed by atoms with E-state index in [9.17, 15) is 0 Å². The van der Waals surface area contributed by atoms with Crippen LogP contribution in [0, 0.1) is 0 Å². The van der Waals surface area contributed by atoms with Crippen molar-refractivity contribution in [1.82, 2.24) is 0 Å². The van der Waals surface area contributed by atoms with Gasteiger partial charge in [0.25, 0.3) is 0 Å². The molecule has 1 atom stereocenters. The third kappa shape index (κ3) is 11.3. The van der Waals surface area contributed by atoms with Crippen LogP contribution in [-0.4, -0.2) is 42.4 Å². The second kappa shape index (κ2) is 13.4. The molecule has 0 spiro atoms. The number of benzene rings is 1. The quantitative estimate of drug-likeness (QED) is 0.506. The molecule has 0 bridgehead atoms. The lowest BCUT2D eigenvalue weighted by molar-refractivity contribution is 0.148. The summed E-state index contributed by atoms with van der Waals surface area (Å²) in [5.41, 5.74) is 6.70. The average Bonchev–Trinajstić information content (AvgIpc) is 2.45. The monoisotopic (exact) mass is 301 g/mol. The van der Waals surface area contributed by atoms with E-state index in [2.05, 4.69) is 24.3 Å². The SMILES string of the molecule is COCCCSc1ccc(CN)cc1.C[C@H](O)CCO. The first kappa shape index (κ1) is 19.4. The van der Waals surface area contributed by atoms with Crippen LogP contribution in [-0.2, 0) is 11.3 Å². The minimum Gasteiger partial charge on any atom is -0.396 e. The van der Waals surface area contributed by atoms with Gasteiger partial charge < -0.3 is 20.7 Å². The van der Waals surface area contributed by atoms with Gasteiger partial charge in [0.2, 0.25) is 0 Å². The Balaban J connectivity index is 0.000000511. The van der Waals surface area contributed by atoms with Gasteiger partial charge in [-0.15, -0.1) is 11.8 Å². The van der Waals surface area contributed by atoms with Crippen LogP contribution in [0.3, 0.4) is 0 Å². The Bertz CT molecular complexity index is 317. The molecule has 0 radical (unpaired) electrons. The maximum absolute atomic E-state index is 8.39. The fourth-order valence-corrected chi connectivity index (χ4v) is 2.13. The van der Waals surface area contributed by atoms with Crippen molar-refractivity contribution >= 4 is 11.8 Å². The lowest BCUT2D eigenvalue weighted by Gasteiger charge is -2.02. The average molecular weight is 301 g/mol. The van der Waals surface area contributed by atoms with Crippen LogP contribution in [0.5, 0.6) is 0 Å². The Hall–Kier alpha value is -0.590. The third-order valence-electron chi connectivity index (χ3n) is 2.47. The summed E-state index contributed by atoms with van der Waals surface area (Å²) in [5, 5.41) is 16.5. The van der Waals surface area contributed by atoms with E-state index in [1.807, 2.05) is 11.8 Å². The fourth-order valence-electron chi connectivity index (χ4n) is 1.30. The normalized spacial score (nSPS) is 11.7. The maximum atomic E-state index is 8.39. The van der Waals surface area contributed by atoms with Gasteiger partial charge >= 0.3 is 0 Å². The van der Waals surface area contributed by atoms with Crippen molar-refractivity contribution in [3.63, 3.8) is 0 Å². The summed E-state index contributed by atoms with van der Waals surface area (Å²) in [4.78, 5) is 1.30.